The quantitative estimate of drug-likeness (QED) is 0.879. The Morgan fingerprint density at radius 2 is 2.00 bits per heavy atom. The molecule has 0 amide bonds. The number of benzene rings is 1. The number of rotatable bonds is 2. The molecule has 1 heterocycles. The Bertz CT molecular complexity index is 562. The molecule has 2 atom stereocenters. The maximum Gasteiger partial charge on any atom is 0.243 e. The number of nitrogens with zero attached hydrogens (tertiary/aromatic N) is 1. The van der Waals surface area contributed by atoms with Gasteiger partial charge in [0.05, 0.1) is 4.90 Å². The summed E-state index contributed by atoms with van der Waals surface area (Å²) in [7, 11) is -3.81. The second kappa shape index (κ2) is 4.56. The first-order valence-corrected chi connectivity index (χ1v) is 7.00. The van der Waals surface area contributed by atoms with E-state index in [0.29, 0.717) is 19.0 Å². The van der Waals surface area contributed by atoms with Gasteiger partial charge in [0.1, 0.15) is 0 Å². The van der Waals surface area contributed by atoms with Crippen molar-refractivity contribution < 1.29 is 17.2 Å². The van der Waals surface area contributed by atoms with E-state index in [1.165, 1.54) is 4.31 Å². The number of hydrogen-bond acceptors (Lipinski definition) is 3. The molecule has 1 saturated heterocycles. The van der Waals surface area contributed by atoms with E-state index >= 15 is 0 Å². The Morgan fingerprint density at radius 1 is 1.33 bits per heavy atom. The lowest BCUT2D eigenvalue weighted by Crippen LogP contribution is -2.40. The van der Waals surface area contributed by atoms with E-state index in [0.717, 1.165) is 12.1 Å². The first-order chi connectivity index (χ1) is 8.34. The van der Waals surface area contributed by atoms with Gasteiger partial charge in [-0.15, -0.1) is 0 Å². The van der Waals surface area contributed by atoms with Crippen molar-refractivity contribution in [3.63, 3.8) is 0 Å². The fraction of sp³-hybridized carbons (Fsp3) is 0.455. The molecule has 4 nitrogen and oxygen atoms in total. The van der Waals surface area contributed by atoms with Crippen LogP contribution in [0.2, 0.25) is 0 Å². The minimum Gasteiger partial charge on any atom is -0.326 e. The third-order valence-corrected chi connectivity index (χ3v) is 5.24. The molecule has 0 saturated carbocycles. The highest BCUT2D eigenvalue weighted by Crippen LogP contribution is 2.26. The Morgan fingerprint density at radius 3 is 2.50 bits per heavy atom. The molecule has 7 heteroatoms. The van der Waals surface area contributed by atoms with Gasteiger partial charge in [-0.25, -0.2) is 17.2 Å². The van der Waals surface area contributed by atoms with Gasteiger partial charge >= 0.3 is 0 Å². The molecule has 0 aromatic heterocycles. The molecular formula is C11H14F2N2O2S. The summed E-state index contributed by atoms with van der Waals surface area (Å²) >= 11 is 0. The molecule has 1 fully saturated rings. The van der Waals surface area contributed by atoms with Crippen molar-refractivity contribution in [1.82, 2.24) is 4.31 Å². The molecule has 0 bridgehead atoms. The molecule has 2 unspecified atom stereocenters. The zero-order chi connectivity index (χ0) is 13.5. The van der Waals surface area contributed by atoms with E-state index in [2.05, 4.69) is 0 Å². The fourth-order valence-corrected chi connectivity index (χ4v) is 3.75. The van der Waals surface area contributed by atoms with Crippen molar-refractivity contribution in [3.8, 4) is 0 Å². The third-order valence-electron chi connectivity index (χ3n) is 3.25. The van der Waals surface area contributed by atoms with Crippen molar-refractivity contribution in [2.75, 3.05) is 6.54 Å². The summed E-state index contributed by atoms with van der Waals surface area (Å²) in [6.07, 6.45) is 0.560. The second-order valence-electron chi connectivity index (χ2n) is 4.38. The summed E-state index contributed by atoms with van der Waals surface area (Å²) in [5, 5.41) is 0. The van der Waals surface area contributed by atoms with Crippen LogP contribution in [-0.4, -0.2) is 31.4 Å². The van der Waals surface area contributed by atoms with Crippen molar-refractivity contribution in [1.29, 1.82) is 0 Å². The monoisotopic (exact) mass is 276 g/mol. The van der Waals surface area contributed by atoms with Crippen molar-refractivity contribution in [2.24, 2.45) is 5.73 Å². The molecule has 2 rings (SSSR count). The van der Waals surface area contributed by atoms with Gasteiger partial charge in [-0.2, -0.15) is 4.31 Å². The molecule has 0 spiro atoms. The topological polar surface area (TPSA) is 63.4 Å². The minimum absolute atomic E-state index is 0.231. The number of hydrogen-bond donors (Lipinski definition) is 1. The van der Waals surface area contributed by atoms with Crippen LogP contribution in [0.15, 0.2) is 23.1 Å². The highest BCUT2D eigenvalue weighted by molar-refractivity contribution is 7.89. The van der Waals surface area contributed by atoms with E-state index in [-0.39, 0.29) is 17.0 Å². The number of nitrogens with two attached hydrogens (primary N) is 1. The van der Waals surface area contributed by atoms with Gasteiger partial charge in [-0.05, 0) is 31.5 Å². The molecule has 1 aliphatic rings. The third kappa shape index (κ3) is 2.13. The predicted molar refractivity (Wildman–Crippen MR) is 62.3 cm³/mol. The average molecular weight is 276 g/mol. The van der Waals surface area contributed by atoms with Gasteiger partial charge < -0.3 is 5.73 Å². The molecule has 0 radical (unpaired) electrons. The van der Waals surface area contributed by atoms with E-state index in [1.54, 1.807) is 6.92 Å². The SMILES string of the molecule is CC1C(N)CCN1S(=O)(=O)c1ccc(F)c(F)c1. The molecule has 100 valence electrons. The molecule has 1 aromatic carbocycles. The Hall–Kier alpha value is -1.05. The van der Waals surface area contributed by atoms with Gasteiger partial charge in [0.15, 0.2) is 11.6 Å². The van der Waals surface area contributed by atoms with E-state index in [9.17, 15) is 17.2 Å². The van der Waals surface area contributed by atoms with Crippen LogP contribution in [0.1, 0.15) is 13.3 Å². The molecule has 2 N–H and O–H groups in total. The van der Waals surface area contributed by atoms with Crippen LogP contribution in [0.4, 0.5) is 8.78 Å². The smallest absolute Gasteiger partial charge is 0.243 e. The normalized spacial score (nSPS) is 25.6. The Balaban J connectivity index is 2.39. The van der Waals surface area contributed by atoms with Crippen LogP contribution in [-0.2, 0) is 10.0 Å². The summed E-state index contributed by atoms with van der Waals surface area (Å²) in [5.74, 6) is -2.24. The summed E-state index contributed by atoms with van der Waals surface area (Å²) in [5.41, 5.74) is 5.76. The van der Waals surface area contributed by atoms with Crippen LogP contribution in [0.25, 0.3) is 0 Å². The lowest BCUT2D eigenvalue weighted by Gasteiger charge is -2.22. The molecule has 18 heavy (non-hydrogen) atoms. The van der Waals surface area contributed by atoms with E-state index < -0.39 is 21.7 Å². The van der Waals surface area contributed by atoms with Gasteiger partial charge in [0.2, 0.25) is 10.0 Å². The van der Waals surface area contributed by atoms with E-state index in [1.807, 2.05) is 0 Å². The highest BCUT2D eigenvalue weighted by atomic mass is 32.2. The largest absolute Gasteiger partial charge is 0.326 e. The minimum atomic E-state index is -3.81. The maximum atomic E-state index is 13.1. The molecule has 1 aromatic rings. The Labute approximate surface area is 104 Å². The van der Waals surface area contributed by atoms with Crippen LogP contribution >= 0.6 is 0 Å². The van der Waals surface area contributed by atoms with Crippen molar-refractivity contribution in [3.05, 3.63) is 29.8 Å². The Kier molecular flexibility index (Phi) is 3.39. The summed E-state index contributed by atoms with van der Waals surface area (Å²) in [6, 6.07) is 1.99. The first-order valence-electron chi connectivity index (χ1n) is 5.56. The number of sulfonamides is 1. The van der Waals surface area contributed by atoms with Crippen molar-refractivity contribution in [2.45, 2.75) is 30.3 Å². The average Bonchev–Trinajstić information content (AvgIpc) is 2.64. The lowest BCUT2D eigenvalue weighted by molar-refractivity contribution is 0.392. The van der Waals surface area contributed by atoms with Crippen LogP contribution < -0.4 is 5.73 Å². The second-order valence-corrected chi connectivity index (χ2v) is 6.28. The summed E-state index contributed by atoms with van der Waals surface area (Å²) in [6.45, 7) is 2.00. The van der Waals surface area contributed by atoms with Gasteiger partial charge in [-0.1, -0.05) is 0 Å². The van der Waals surface area contributed by atoms with Gasteiger partial charge in [0, 0.05) is 18.6 Å². The van der Waals surface area contributed by atoms with Gasteiger partial charge in [0.25, 0.3) is 0 Å². The molecule has 1 aliphatic heterocycles. The lowest BCUT2D eigenvalue weighted by atomic mass is 10.2. The summed E-state index contributed by atoms with van der Waals surface area (Å²) in [4.78, 5) is -0.248. The highest BCUT2D eigenvalue weighted by Gasteiger charge is 2.37. The number of halogens is 2. The molecular weight excluding hydrogens is 262 g/mol. The first kappa shape index (κ1) is 13.4. The van der Waals surface area contributed by atoms with Crippen LogP contribution in [0.5, 0.6) is 0 Å². The maximum absolute atomic E-state index is 13.1. The van der Waals surface area contributed by atoms with Gasteiger partial charge in [-0.3, -0.25) is 0 Å². The fourth-order valence-electron chi connectivity index (χ4n) is 2.05. The van der Waals surface area contributed by atoms with Crippen LogP contribution in [0, 0.1) is 11.6 Å². The summed E-state index contributed by atoms with van der Waals surface area (Å²) < 4.78 is 51.6. The van der Waals surface area contributed by atoms with Crippen LogP contribution in [0.3, 0.4) is 0 Å². The molecule has 0 aliphatic carbocycles. The predicted octanol–water partition coefficient (Wildman–Crippen LogP) is 1.07. The van der Waals surface area contributed by atoms with Crippen molar-refractivity contribution >= 4 is 10.0 Å². The zero-order valence-electron chi connectivity index (χ0n) is 9.81. The zero-order valence-corrected chi connectivity index (χ0v) is 10.6. The van der Waals surface area contributed by atoms with E-state index in [4.69, 9.17) is 5.73 Å². The standard InChI is InChI=1S/C11H14F2N2O2S/c1-7-11(14)4-5-15(7)18(16,17)8-2-3-9(12)10(13)6-8/h2-3,6-7,11H,4-5,14H2,1H3.